The fourth-order valence-electron chi connectivity index (χ4n) is 2.29. The molecule has 0 unspecified atom stereocenters. The van der Waals surface area contributed by atoms with Crippen LogP contribution in [0.5, 0.6) is 0 Å². The van der Waals surface area contributed by atoms with Crippen LogP contribution in [-0.2, 0) is 4.79 Å². The van der Waals surface area contributed by atoms with Gasteiger partial charge >= 0.3 is 5.97 Å². The Morgan fingerprint density at radius 2 is 2.00 bits per heavy atom. The fourth-order valence-corrected chi connectivity index (χ4v) is 3.50. The lowest BCUT2D eigenvalue weighted by Gasteiger charge is -2.03. The summed E-state index contributed by atoms with van der Waals surface area (Å²) >= 11 is 7.60. The molecule has 0 aliphatic heterocycles. The molecular formula is C18H14ClNO2S. The molecule has 0 aliphatic rings. The fraction of sp³-hybridized carbons (Fsp3) is 0.111. The van der Waals surface area contributed by atoms with E-state index >= 15 is 0 Å². The Morgan fingerprint density at radius 3 is 2.74 bits per heavy atom. The topological polar surface area (TPSA) is 50.2 Å². The largest absolute Gasteiger partial charge is 0.481 e. The lowest BCUT2D eigenvalue weighted by atomic mass is 10.1. The number of fused-ring (bicyclic) bond motifs is 1. The molecule has 3 nitrogen and oxygen atoms in total. The van der Waals surface area contributed by atoms with E-state index in [0.29, 0.717) is 11.4 Å². The molecule has 3 rings (SSSR count). The molecule has 0 fully saturated rings. The zero-order valence-electron chi connectivity index (χ0n) is 12.2. The Balaban J connectivity index is 2.02. The van der Waals surface area contributed by atoms with Crippen LogP contribution in [0.3, 0.4) is 0 Å². The van der Waals surface area contributed by atoms with Gasteiger partial charge in [0.1, 0.15) is 5.01 Å². The Kier molecular flexibility index (Phi) is 4.74. The number of hydrogen-bond acceptors (Lipinski definition) is 3. The maximum absolute atomic E-state index is 10.9. The monoisotopic (exact) mass is 343 g/mol. The predicted molar refractivity (Wildman–Crippen MR) is 95.8 cm³/mol. The number of thiazole rings is 1. The smallest absolute Gasteiger partial charge is 0.303 e. The van der Waals surface area contributed by atoms with Gasteiger partial charge in [-0.15, -0.1) is 11.3 Å². The molecular weight excluding hydrogens is 330 g/mol. The summed E-state index contributed by atoms with van der Waals surface area (Å²) in [6, 6.07) is 15.4. The number of rotatable bonds is 5. The van der Waals surface area contributed by atoms with Gasteiger partial charge in [0, 0.05) is 11.4 Å². The Bertz CT molecular complexity index is 852. The Hall–Kier alpha value is -2.17. The standard InChI is InChI=1S/C18H14ClNO2S/c19-14-5-3-4-12(11-14)10-13(8-9-17(21)22)18-20-15-6-1-2-7-16(15)23-18/h1-7,10-11H,8-9H2,(H,21,22). The molecule has 0 atom stereocenters. The minimum absolute atomic E-state index is 0.0718. The molecule has 0 saturated carbocycles. The van der Waals surface area contributed by atoms with Gasteiger partial charge < -0.3 is 5.11 Å². The molecule has 3 aromatic rings. The lowest BCUT2D eigenvalue weighted by Crippen LogP contribution is -1.95. The molecule has 0 saturated heterocycles. The van der Waals surface area contributed by atoms with Crippen LogP contribution in [0.1, 0.15) is 23.4 Å². The quantitative estimate of drug-likeness (QED) is 0.678. The molecule has 2 aromatic carbocycles. The molecule has 0 spiro atoms. The van der Waals surface area contributed by atoms with Gasteiger partial charge in [-0.2, -0.15) is 0 Å². The van der Waals surface area contributed by atoms with E-state index in [1.54, 1.807) is 11.3 Å². The summed E-state index contributed by atoms with van der Waals surface area (Å²) in [5.74, 6) is -0.817. The number of para-hydroxylation sites is 1. The van der Waals surface area contributed by atoms with E-state index in [2.05, 4.69) is 4.98 Å². The van der Waals surface area contributed by atoms with Gasteiger partial charge in [0.2, 0.25) is 0 Å². The van der Waals surface area contributed by atoms with Gasteiger partial charge in [0.15, 0.2) is 0 Å². The highest BCUT2D eigenvalue weighted by Gasteiger charge is 2.11. The number of aliphatic carboxylic acids is 1. The summed E-state index contributed by atoms with van der Waals surface area (Å²) in [7, 11) is 0. The lowest BCUT2D eigenvalue weighted by molar-refractivity contribution is -0.136. The first-order valence-corrected chi connectivity index (χ1v) is 8.35. The first kappa shape index (κ1) is 15.7. The third-order valence-corrected chi connectivity index (χ3v) is 4.71. The number of aromatic nitrogens is 1. The molecule has 1 heterocycles. The molecule has 0 amide bonds. The van der Waals surface area contributed by atoms with Crippen molar-refractivity contribution < 1.29 is 9.90 Å². The van der Waals surface area contributed by atoms with Crippen molar-refractivity contribution in [3.05, 3.63) is 64.1 Å². The number of halogens is 1. The zero-order chi connectivity index (χ0) is 16.2. The van der Waals surface area contributed by atoms with E-state index in [1.807, 2.05) is 54.6 Å². The summed E-state index contributed by atoms with van der Waals surface area (Å²) in [5, 5.41) is 10.5. The van der Waals surface area contributed by atoms with E-state index < -0.39 is 5.97 Å². The van der Waals surface area contributed by atoms with Crippen molar-refractivity contribution in [3.63, 3.8) is 0 Å². The Morgan fingerprint density at radius 1 is 1.17 bits per heavy atom. The predicted octanol–water partition coefficient (Wildman–Crippen LogP) is 5.36. The molecule has 23 heavy (non-hydrogen) atoms. The van der Waals surface area contributed by atoms with E-state index in [9.17, 15) is 4.79 Å². The van der Waals surface area contributed by atoms with Crippen LogP contribution in [0.2, 0.25) is 5.02 Å². The number of carboxylic acid groups (broad SMARTS) is 1. The van der Waals surface area contributed by atoms with Crippen LogP contribution < -0.4 is 0 Å². The van der Waals surface area contributed by atoms with Crippen LogP contribution in [0.15, 0.2) is 48.5 Å². The zero-order valence-corrected chi connectivity index (χ0v) is 13.8. The third-order valence-electron chi connectivity index (χ3n) is 3.37. The molecule has 116 valence electrons. The van der Waals surface area contributed by atoms with Crippen molar-refractivity contribution in [3.8, 4) is 0 Å². The van der Waals surface area contributed by atoms with E-state index in [0.717, 1.165) is 26.4 Å². The number of allylic oxidation sites excluding steroid dienone is 1. The molecule has 0 bridgehead atoms. The second kappa shape index (κ2) is 6.94. The highest BCUT2D eigenvalue weighted by atomic mass is 35.5. The summed E-state index contributed by atoms with van der Waals surface area (Å²) in [6.07, 6.45) is 2.47. The van der Waals surface area contributed by atoms with Crippen molar-refractivity contribution >= 4 is 50.8 Å². The highest BCUT2D eigenvalue weighted by molar-refractivity contribution is 7.19. The maximum Gasteiger partial charge on any atom is 0.303 e. The van der Waals surface area contributed by atoms with Gasteiger partial charge in [-0.3, -0.25) is 4.79 Å². The van der Waals surface area contributed by atoms with E-state index in [4.69, 9.17) is 16.7 Å². The molecule has 5 heteroatoms. The van der Waals surface area contributed by atoms with Crippen molar-refractivity contribution in [2.45, 2.75) is 12.8 Å². The van der Waals surface area contributed by atoms with Crippen molar-refractivity contribution in [2.24, 2.45) is 0 Å². The second-order valence-electron chi connectivity index (χ2n) is 5.11. The summed E-state index contributed by atoms with van der Waals surface area (Å²) in [4.78, 5) is 15.6. The van der Waals surface area contributed by atoms with E-state index in [1.165, 1.54) is 0 Å². The van der Waals surface area contributed by atoms with Crippen LogP contribution in [-0.4, -0.2) is 16.1 Å². The minimum atomic E-state index is -0.817. The average molecular weight is 344 g/mol. The second-order valence-corrected chi connectivity index (χ2v) is 6.57. The van der Waals surface area contributed by atoms with Gasteiger partial charge in [-0.1, -0.05) is 35.9 Å². The number of carbonyl (C=O) groups is 1. The maximum atomic E-state index is 10.9. The molecule has 0 radical (unpaired) electrons. The SMILES string of the molecule is O=C(O)CCC(=Cc1cccc(Cl)c1)c1nc2ccccc2s1. The molecule has 1 N–H and O–H groups in total. The summed E-state index contributed by atoms with van der Waals surface area (Å²) < 4.78 is 1.09. The number of benzene rings is 2. The summed E-state index contributed by atoms with van der Waals surface area (Å²) in [5.41, 5.74) is 2.79. The van der Waals surface area contributed by atoms with Gasteiger partial charge in [-0.05, 0) is 47.9 Å². The molecule has 1 aromatic heterocycles. The minimum Gasteiger partial charge on any atom is -0.481 e. The average Bonchev–Trinajstić information content (AvgIpc) is 2.95. The van der Waals surface area contributed by atoms with Crippen LogP contribution in [0.25, 0.3) is 21.9 Å². The van der Waals surface area contributed by atoms with Crippen LogP contribution in [0.4, 0.5) is 0 Å². The number of carboxylic acids is 1. The molecule has 0 aliphatic carbocycles. The van der Waals surface area contributed by atoms with Gasteiger partial charge in [-0.25, -0.2) is 4.98 Å². The highest BCUT2D eigenvalue weighted by Crippen LogP contribution is 2.31. The summed E-state index contributed by atoms with van der Waals surface area (Å²) in [6.45, 7) is 0. The van der Waals surface area contributed by atoms with Crippen molar-refractivity contribution in [1.82, 2.24) is 4.98 Å². The number of nitrogens with zero attached hydrogens (tertiary/aromatic N) is 1. The van der Waals surface area contributed by atoms with Crippen molar-refractivity contribution in [2.75, 3.05) is 0 Å². The van der Waals surface area contributed by atoms with Gasteiger partial charge in [0.05, 0.1) is 10.2 Å². The van der Waals surface area contributed by atoms with E-state index in [-0.39, 0.29) is 6.42 Å². The Labute approximate surface area is 142 Å². The van der Waals surface area contributed by atoms with Crippen LogP contribution in [0, 0.1) is 0 Å². The van der Waals surface area contributed by atoms with Crippen LogP contribution >= 0.6 is 22.9 Å². The number of hydrogen-bond donors (Lipinski definition) is 1. The third kappa shape index (κ3) is 3.97. The first-order chi connectivity index (χ1) is 11.1. The first-order valence-electron chi connectivity index (χ1n) is 7.16. The van der Waals surface area contributed by atoms with Gasteiger partial charge in [0.25, 0.3) is 0 Å². The van der Waals surface area contributed by atoms with Crippen molar-refractivity contribution in [1.29, 1.82) is 0 Å². The normalized spacial score (nSPS) is 11.8.